The number of aromatic nitrogens is 2. The van der Waals surface area contributed by atoms with E-state index >= 15 is 0 Å². The first-order valence-corrected chi connectivity index (χ1v) is 4.07. The van der Waals surface area contributed by atoms with Crippen LogP contribution in [-0.2, 0) is 7.05 Å². The van der Waals surface area contributed by atoms with Gasteiger partial charge in [0.2, 0.25) is 0 Å². The zero-order chi connectivity index (χ0) is 8.72. The summed E-state index contributed by atoms with van der Waals surface area (Å²) < 4.78 is 2.12. The molecule has 12 heavy (non-hydrogen) atoms. The van der Waals surface area contributed by atoms with Crippen molar-refractivity contribution >= 4 is 11.0 Å². The van der Waals surface area contributed by atoms with Gasteiger partial charge in [0.15, 0.2) is 0 Å². The third-order valence-corrected chi connectivity index (χ3v) is 2.40. The quantitative estimate of drug-likeness (QED) is 0.577. The molecule has 0 aliphatic heterocycles. The summed E-state index contributed by atoms with van der Waals surface area (Å²) >= 11 is 0. The lowest BCUT2D eigenvalue weighted by Crippen LogP contribution is -1.91. The number of hydrogen-bond acceptors (Lipinski definition) is 1. The molecule has 2 rings (SSSR count). The van der Waals surface area contributed by atoms with E-state index in [0.29, 0.717) is 0 Å². The number of pyridine rings is 1. The Kier molecular flexibility index (Phi) is 1.43. The fraction of sp³-hybridized carbons (Fsp3) is 0.300. The number of nitrogens with zero attached hydrogens (tertiary/aromatic N) is 2. The Bertz CT molecular complexity index is 427. The van der Waals surface area contributed by atoms with Crippen molar-refractivity contribution in [3.05, 3.63) is 29.6 Å². The lowest BCUT2D eigenvalue weighted by atomic mass is 10.1. The summed E-state index contributed by atoms with van der Waals surface area (Å²) in [6.45, 7) is 4.23. The van der Waals surface area contributed by atoms with Crippen LogP contribution in [0.15, 0.2) is 18.5 Å². The first kappa shape index (κ1) is 7.35. The van der Waals surface area contributed by atoms with Crippen LogP contribution in [0, 0.1) is 13.8 Å². The molecular weight excluding hydrogens is 148 g/mol. The smallest absolute Gasteiger partial charge is 0.0883 e. The predicted octanol–water partition coefficient (Wildman–Crippen LogP) is 2.19. The van der Waals surface area contributed by atoms with Crippen LogP contribution in [0.1, 0.15) is 11.1 Å². The molecule has 0 radical (unpaired) electrons. The van der Waals surface area contributed by atoms with Crippen LogP contribution in [0.4, 0.5) is 0 Å². The van der Waals surface area contributed by atoms with E-state index in [2.05, 4.69) is 30.4 Å². The Morgan fingerprint density at radius 2 is 2.08 bits per heavy atom. The minimum absolute atomic E-state index is 1.08. The first-order valence-electron chi connectivity index (χ1n) is 4.07. The van der Waals surface area contributed by atoms with Crippen molar-refractivity contribution in [1.29, 1.82) is 0 Å². The summed E-state index contributed by atoms with van der Waals surface area (Å²) in [5.74, 6) is 0. The lowest BCUT2D eigenvalue weighted by Gasteiger charge is -2.03. The average Bonchev–Trinajstić information content (AvgIpc) is 2.41. The van der Waals surface area contributed by atoms with Gasteiger partial charge in [-0.3, -0.25) is 4.98 Å². The summed E-state index contributed by atoms with van der Waals surface area (Å²) in [6.07, 6.45) is 3.97. The van der Waals surface area contributed by atoms with Gasteiger partial charge >= 0.3 is 0 Å². The molecule has 2 nitrogen and oxygen atoms in total. The van der Waals surface area contributed by atoms with Crippen molar-refractivity contribution in [1.82, 2.24) is 9.55 Å². The van der Waals surface area contributed by atoms with E-state index in [1.54, 1.807) is 0 Å². The summed E-state index contributed by atoms with van der Waals surface area (Å²) in [4.78, 5) is 4.34. The number of hydrogen-bond donors (Lipinski definition) is 0. The summed E-state index contributed by atoms with van der Waals surface area (Å²) in [6, 6.07) is 2.04. The molecule has 2 aromatic heterocycles. The normalized spacial score (nSPS) is 10.9. The molecule has 0 bridgehead atoms. The van der Waals surface area contributed by atoms with Gasteiger partial charge in [0.25, 0.3) is 0 Å². The summed E-state index contributed by atoms with van der Waals surface area (Å²) in [5.41, 5.74) is 4.91. The highest BCUT2D eigenvalue weighted by molar-refractivity contribution is 5.79. The molecule has 0 unspecified atom stereocenters. The summed E-state index contributed by atoms with van der Waals surface area (Å²) in [5, 5.41) is 0. The highest BCUT2D eigenvalue weighted by atomic mass is 14.9. The Morgan fingerprint density at radius 1 is 1.33 bits per heavy atom. The second-order valence-electron chi connectivity index (χ2n) is 3.23. The molecule has 0 aliphatic rings. The van der Waals surface area contributed by atoms with Gasteiger partial charge in [-0.15, -0.1) is 0 Å². The monoisotopic (exact) mass is 160 g/mol. The molecule has 0 fully saturated rings. The van der Waals surface area contributed by atoms with Crippen LogP contribution >= 0.6 is 0 Å². The molecule has 62 valence electrons. The predicted molar refractivity (Wildman–Crippen MR) is 50.2 cm³/mol. The van der Waals surface area contributed by atoms with Gasteiger partial charge in [-0.1, -0.05) is 0 Å². The third kappa shape index (κ3) is 0.843. The van der Waals surface area contributed by atoms with Crippen molar-refractivity contribution in [2.45, 2.75) is 13.8 Å². The molecule has 2 heterocycles. The van der Waals surface area contributed by atoms with Crippen LogP contribution in [0.3, 0.4) is 0 Å². The van der Waals surface area contributed by atoms with E-state index in [-0.39, 0.29) is 0 Å². The molecule has 0 atom stereocenters. The SMILES string of the molecule is Cc1cnc2ccn(C)c2c1C. The first-order chi connectivity index (χ1) is 5.70. The van der Waals surface area contributed by atoms with E-state index in [4.69, 9.17) is 0 Å². The Balaban J connectivity index is 2.96. The standard InChI is InChI=1S/C10H12N2/c1-7-6-11-9-4-5-12(3)10(9)8(7)2/h4-6H,1-3H3. The van der Waals surface area contributed by atoms with Gasteiger partial charge in [-0.25, -0.2) is 0 Å². The van der Waals surface area contributed by atoms with Gasteiger partial charge in [0, 0.05) is 19.4 Å². The largest absolute Gasteiger partial charge is 0.349 e. The number of fused-ring (bicyclic) bond motifs is 1. The minimum atomic E-state index is 1.08. The van der Waals surface area contributed by atoms with Crippen LogP contribution in [0.2, 0.25) is 0 Å². The van der Waals surface area contributed by atoms with Gasteiger partial charge in [0.05, 0.1) is 11.0 Å². The van der Waals surface area contributed by atoms with Crippen molar-refractivity contribution in [2.75, 3.05) is 0 Å². The fourth-order valence-corrected chi connectivity index (χ4v) is 1.53. The molecule has 0 saturated carbocycles. The van der Waals surface area contributed by atoms with E-state index in [0.717, 1.165) is 5.52 Å². The maximum Gasteiger partial charge on any atom is 0.0883 e. The zero-order valence-corrected chi connectivity index (χ0v) is 7.63. The second-order valence-corrected chi connectivity index (χ2v) is 3.23. The highest BCUT2D eigenvalue weighted by Gasteiger charge is 2.03. The van der Waals surface area contributed by atoms with Crippen LogP contribution in [0.5, 0.6) is 0 Å². The molecule has 2 heteroatoms. The van der Waals surface area contributed by atoms with Crippen molar-refractivity contribution < 1.29 is 0 Å². The fourth-order valence-electron chi connectivity index (χ4n) is 1.53. The molecule has 0 aliphatic carbocycles. The van der Waals surface area contributed by atoms with Gasteiger partial charge < -0.3 is 4.57 Å². The molecule has 0 spiro atoms. The molecule has 0 aromatic carbocycles. The Hall–Kier alpha value is -1.31. The van der Waals surface area contributed by atoms with Crippen molar-refractivity contribution in [3.63, 3.8) is 0 Å². The Labute approximate surface area is 71.8 Å². The number of rotatable bonds is 0. The topological polar surface area (TPSA) is 17.8 Å². The molecule has 0 amide bonds. The third-order valence-electron chi connectivity index (χ3n) is 2.40. The number of aryl methyl sites for hydroxylation is 3. The van der Waals surface area contributed by atoms with E-state index in [9.17, 15) is 0 Å². The highest BCUT2D eigenvalue weighted by Crippen LogP contribution is 2.18. The van der Waals surface area contributed by atoms with E-state index < -0.39 is 0 Å². The minimum Gasteiger partial charge on any atom is -0.349 e. The van der Waals surface area contributed by atoms with Crippen LogP contribution in [0.25, 0.3) is 11.0 Å². The van der Waals surface area contributed by atoms with Crippen LogP contribution in [-0.4, -0.2) is 9.55 Å². The van der Waals surface area contributed by atoms with Gasteiger partial charge in [-0.2, -0.15) is 0 Å². The zero-order valence-electron chi connectivity index (χ0n) is 7.63. The summed E-state index contributed by atoms with van der Waals surface area (Å²) in [7, 11) is 2.05. The average molecular weight is 160 g/mol. The Morgan fingerprint density at radius 3 is 2.83 bits per heavy atom. The van der Waals surface area contributed by atoms with E-state index in [1.807, 2.05) is 18.5 Å². The maximum absolute atomic E-state index is 4.34. The van der Waals surface area contributed by atoms with Crippen LogP contribution < -0.4 is 0 Å². The molecule has 2 aromatic rings. The molecule has 0 N–H and O–H groups in total. The van der Waals surface area contributed by atoms with E-state index in [1.165, 1.54) is 16.6 Å². The molecule has 0 saturated heterocycles. The van der Waals surface area contributed by atoms with Gasteiger partial charge in [-0.05, 0) is 31.0 Å². The lowest BCUT2D eigenvalue weighted by molar-refractivity contribution is 0.961. The second kappa shape index (κ2) is 2.34. The molecular formula is C10H12N2. The van der Waals surface area contributed by atoms with Crippen molar-refractivity contribution in [2.24, 2.45) is 7.05 Å². The van der Waals surface area contributed by atoms with Crippen molar-refractivity contribution in [3.8, 4) is 0 Å². The van der Waals surface area contributed by atoms with Gasteiger partial charge in [0.1, 0.15) is 0 Å². The maximum atomic E-state index is 4.34.